The van der Waals surface area contributed by atoms with E-state index in [2.05, 4.69) is 50.5 Å². The van der Waals surface area contributed by atoms with Gasteiger partial charge in [-0.05, 0) is 82.7 Å². The molecule has 1 heterocycles. The van der Waals surface area contributed by atoms with E-state index in [-0.39, 0.29) is 22.3 Å². The molecule has 2 N–H and O–H groups in total. The molecule has 0 bridgehead atoms. The van der Waals surface area contributed by atoms with Crippen LogP contribution in [0.5, 0.6) is 5.75 Å². The molecule has 168 valence electrons. The lowest BCUT2D eigenvalue weighted by atomic mass is 9.62. The highest BCUT2D eigenvalue weighted by atomic mass is 19.1. The number of hydrogen-bond donors (Lipinski definition) is 2. The molecule has 0 aromatic heterocycles. The highest BCUT2D eigenvalue weighted by Crippen LogP contribution is 2.48. The summed E-state index contributed by atoms with van der Waals surface area (Å²) in [5.74, 6) is -0.914. The van der Waals surface area contributed by atoms with Gasteiger partial charge in [0.2, 0.25) is 0 Å². The van der Waals surface area contributed by atoms with Gasteiger partial charge in [0, 0.05) is 5.56 Å². The van der Waals surface area contributed by atoms with Gasteiger partial charge in [-0.2, -0.15) is 0 Å². The monoisotopic (exact) mass is 436 g/mol. The van der Waals surface area contributed by atoms with Crippen LogP contribution >= 0.6 is 0 Å². The van der Waals surface area contributed by atoms with Crippen LogP contribution < -0.4 is 15.4 Å². The molecule has 0 unspecified atom stereocenters. The fraction of sp³-hybridized carbons (Fsp3) is 0.385. The number of fused-ring (bicyclic) bond motifs is 1. The SMILES string of the molecule is COc1c(F)cc(/C=C2/NC(=O)NC2=O)cc1-c1cc2c(cc1C)C(C)(C)CCC2(C)C. The highest BCUT2D eigenvalue weighted by Gasteiger charge is 2.37. The predicted molar refractivity (Wildman–Crippen MR) is 123 cm³/mol. The third kappa shape index (κ3) is 3.68. The van der Waals surface area contributed by atoms with E-state index in [9.17, 15) is 9.59 Å². The molecule has 1 aliphatic carbocycles. The minimum absolute atomic E-state index is 0.00485. The molecule has 0 saturated carbocycles. The second-order valence-corrected chi connectivity index (χ2v) is 10.0. The summed E-state index contributed by atoms with van der Waals surface area (Å²) in [7, 11) is 1.45. The molecular weight excluding hydrogens is 407 g/mol. The van der Waals surface area contributed by atoms with Gasteiger partial charge in [-0.1, -0.05) is 33.8 Å². The van der Waals surface area contributed by atoms with E-state index in [1.807, 2.05) is 6.92 Å². The van der Waals surface area contributed by atoms with E-state index < -0.39 is 17.8 Å². The molecular formula is C26H29FN2O3. The van der Waals surface area contributed by atoms with Gasteiger partial charge in [-0.15, -0.1) is 0 Å². The smallest absolute Gasteiger partial charge is 0.326 e. The summed E-state index contributed by atoms with van der Waals surface area (Å²) < 4.78 is 20.5. The fourth-order valence-electron chi connectivity index (χ4n) is 4.77. The number of ether oxygens (including phenoxy) is 1. The number of urea groups is 1. The first-order chi connectivity index (χ1) is 14.9. The van der Waals surface area contributed by atoms with Gasteiger partial charge in [0.15, 0.2) is 11.6 Å². The van der Waals surface area contributed by atoms with Crippen molar-refractivity contribution >= 4 is 18.0 Å². The average Bonchev–Trinajstić information content (AvgIpc) is 3.01. The van der Waals surface area contributed by atoms with Crippen molar-refractivity contribution in [3.8, 4) is 16.9 Å². The van der Waals surface area contributed by atoms with Crippen LogP contribution in [0, 0.1) is 12.7 Å². The van der Waals surface area contributed by atoms with E-state index in [0.717, 1.165) is 24.0 Å². The number of benzene rings is 2. The third-order valence-corrected chi connectivity index (χ3v) is 6.79. The van der Waals surface area contributed by atoms with Gasteiger partial charge in [-0.3, -0.25) is 10.1 Å². The molecule has 1 saturated heterocycles. The number of hydrogen-bond acceptors (Lipinski definition) is 3. The molecule has 0 atom stereocenters. The van der Waals surface area contributed by atoms with Crippen LogP contribution in [0.2, 0.25) is 0 Å². The molecule has 6 heteroatoms. The topological polar surface area (TPSA) is 67.4 Å². The van der Waals surface area contributed by atoms with Crippen molar-refractivity contribution in [2.75, 3.05) is 7.11 Å². The zero-order valence-corrected chi connectivity index (χ0v) is 19.4. The summed E-state index contributed by atoms with van der Waals surface area (Å²) in [5, 5.41) is 4.59. The van der Waals surface area contributed by atoms with Crippen LogP contribution in [0.4, 0.5) is 9.18 Å². The number of imide groups is 1. The lowest BCUT2D eigenvalue weighted by Gasteiger charge is -2.42. The number of rotatable bonds is 3. The Bertz CT molecular complexity index is 1180. The lowest BCUT2D eigenvalue weighted by molar-refractivity contribution is -0.115. The van der Waals surface area contributed by atoms with Gasteiger partial charge in [0.1, 0.15) is 5.70 Å². The van der Waals surface area contributed by atoms with Crippen molar-refractivity contribution < 1.29 is 18.7 Å². The Morgan fingerprint density at radius 2 is 1.56 bits per heavy atom. The maximum absolute atomic E-state index is 15.0. The van der Waals surface area contributed by atoms with Crippen LogP contribution in [0.15, 0.2) is 30.0 Å². The van der Waals surface area contributed by atoms with Gasteiger partial charge < -0.3 is 10.1 Å². The van der Waals surface area contributed by atoms with Crippen molar-refractivity contribution in [1.29, 1.82) is 0 Å². The molecule has 0 radical (unpaired) electrons. The van der Waals surface area contributed by atoms with Gasteiger partial charge in [0.25, 0.3) is 5.91 Å². The summed E-state index contributed by atoms with van der Waals surface area (Å²) in [4.78, 5) is 23.3. The molecule has 2 aromatic rings. The van der Waals surface area contributed by atoms with E-state index in [1.165, 1.54) is 30.4 Å². The fourth-order valence-corrected chi connectivity index (χ4v) is 4.77. The third-order valence-electron chi connectivity index (χ3n) is 6.79. The van der Waals surface area contributed by atoms with Gasteiger partial charge in [-0.25, -0.2) is 9.18 Å². The Labute approximate surface area is 188 Å². The number of carbonyl (C=O) groups is 2. The van der Waals surface area contributed by atoms with E-state index in [1.54, 1.807) is 6.07 Å². The van der Waals surface area contributed by atoms with Crippen LogP contribution in [-0.2, 0) is 15.6 Å². The lowest BCUT2D eigenvalue weighted by Crippen LogP contribution is -2.34. The van der Waals surface area contributed by atoms with E-state index in [4.69, 9.17) is 4.74 Å². The van der Waals surface area contributed by atoms with Gasteiger partial charge >= 0.3 is 6.03 Å². The molecule has 2 aliphatic rings. The number of amides is 3. The summed E-state index contributed by atoms with van der Waals surface area (Å²) in [6.07, 6.45) is 3.65. The molecule has 2 aromatic carbocycles. The number of carbonyl (C=O) groups excluding carboxylic acids is 2. The van der Waals surface area contributed by atoms with Crippen LogP contribution in [0.1, 0.15) is 62.8 Å². The zero-order chi connectivity index (χ0) is 23.4. The Balaban J connectivity index is 1.92. The largest absolute Gasteiger partial charge is 0.493 e. The minimum atomic E-state index is -0.592. The summed E-state index contributed by atoms with van der Waals surface area (Å²) in [5.41, 5.74) is 5.76. The average molecular weight is 437 g/mol. The molecule has 3 amide bonds. The van der Waals surface area contributed by atoms with Crippen molar-refractivity contribution in [3.05, 3.63) is 58.0 Å². The first-order valence-corrected chi connectivity index (χ1v) is 10.8. The van der Waals surface area contributed by atoms with Gasteiger partial charge in [0.05, 0.1) is 7.11 Å². The second-order valence-electron chi connectivity index (χ2n) is 10.0. The quantitative estimate of drug-likeness (QED) is 0.504. The van der Waals surface area contributed by atoms with Crippen molar-refractivity contribution in [3.63, 3.8) is 0 Å². The number of halogens is 1. The molecule has 4 rings (SSSR count). The Morgan fingerprint density at radius 3 is 2.12 bits per heavy atom. The maximum Gasteiger partial charge on any atom is 0.326 e. The first-order valence-electron chi connectivity index (χ1n) is 10.8. The Kier molecular flexibility index (Phi) is 5.15. The molecule has 1 aliphatic heterocycles. The number of methoxy groups -OCH3 is 1. The summed E-state index contributed by atoms with van der Waals surface area (Å²) in [6, 6.07) is 6.89. The molecule has 5 nitrogen and oxygen atoms in total. The van der Waals surface area contributed by atoms with Crippen molar-refractivity contribution in [2.45, 2.75) is 58.3 Å². The zero-order valence-electron chi connectivity index (χ0n) is 19.4. The molecule has 32 heavy (non-hydrogen) atoms. The summed E-state index contributed by atoms with van der Waals surface area (Å²) in [6.45, 7) is 11.1. The van der Waals surface area contributed by atoms with E-state index >= 15 is 4.39 Å². The first kappa shape index (κ1) is 22.1. The number of aryl methyl sites for hydroxylation is 1. The van der Waals surface area contributed by atoms with Crippen LogP contribution in [-0.4, -0.2) is 19.0 Å². The second kappa shape index (κ2) is 7.47. The minimum Gasteiger partial charge on any atom is -0.493 e. The maximum atomic E-state index is 15.0. The Hall–Kier alpha value is -3.15. The predicted octanol–water partition coefficient (Wildman–Crippen LogP) is 5.34. The van der Waals surface area contributed by atoms with Crippen molar-refractivity contribution in [2.24, 2.45) is 0 Å². The van der Waals surface area contributed by atoms with Crippen LogP contribution in [0.3, 0.4) is 0 Å². The van der Waals surface area contributed by atoms with E-state index in [0.29, 0.717) is 11.1 Å². The molecule has 0 spiro atoms. The van der Waals surface area contributed by atoms with Crippen molar-refractivity contribution in [1.82, 2.24) is 10.6 Å². The van der Waals surface area contributed by atoms with Crippen LogP contribution in [0.25, 0.3) is 17.2 Å². The highest BCUT2D eigenvalue weighted by molar-refractivity contribution is 6.14. The summed E-state index contributed by atoms with van der Waals surface area (Å²) >= 11 is 0. The standard InChI is InChI=1S/C26H29FN2O3/c1-14-9-18-19(26(4,5)8-7-25(18,2)3)13-16(14)17-10-15(11-20(27)22(17)32-6)12-21-23(30)29-24(31)28-21/h9-13H,7-8H2,1-6H3,(H2,28,29,30,31)/b21-12+. The Morgan fingerprint density at radius 1 is 0.938 bits per heavy atom. The normalized spacial score (nSPS) is 20.0. The molecule has 1 fully saturated rings. The number of nitrogens with one attached hydrogen (secondary N) is 2.